The summed E-state index contributed by atoms with van der Waals surface area (Å²) in [5, 5.41) is 2.83. The van der Waals surface area contributed by atoms with Crippen molar-refractivity contribution >= 4 is 30.1 Å². The van der Waals surface area contributed by atoms with E-state index in [0.717, 1.165) is 4.90 Å². The molecule has 1 aromatic carbocycles. The molecule has 0 aromatic heterocycles. The van der Waals surface area contributed by atoms with Gasteiger partial charge in [0.05, 0.1) is 5.75 Å². The minimum atomic E-state index is -0.358. The van der Waals surface area contributed by atoms with Crippen LogP contribution in [-0.4, -0.2) is 23.7 Å². The standard InChI is InChI=1S/C13H20N2OS.ClH/c1-10-6-4-5-7-11(10)17-8-12(16)15-9-13(2,3)14;/h4-7H,8-9,14H2,1-3H3,(H,15,16);1H. The number of benzene rings is 1. The molecule has 0 heterocycles. The molecule has 0 radical (unpaired) electrons. The summed E-state index contributed by atoms with van der Waals surface area (Å²) in [7, 11) is 0. The van der Waals surface area contributed by atoms with Crippen LogP contribution in [0.3, 0.4) is 0 Å². The maximum absolute atomic E-state index is 11.6. The van der Waals surface area contributed by atoms with Gasteiger partial charge in [0.1, 0.15) is 0 Å². The molecule has 0 fully saturated rings. The molecule has 1 aromatic rings. The Kier molecular flexibility index (Phi) is 7.36. The molecular formula is C13H21ClN2OS. The molecule has 1 rings (SSSR count). The van der Waals surface area contributed by atoms with E-state index in [-0.39, 0.29) is 23.9 Å². The van der Waals surface area contributed by atoms with Crippen molar-refractivity contribution in [2.45, 2.75) is 31.2 Å². The molecule has 3 N–H and O–H groups in total. The zero-order valence-corrected chi connectivity index (χ0v) is 12.7. The van der Waals surface area contributed by atoms with Gasteiger partial charge in [0.2, 0.25) is 5.91 Å². The van der Waals surface area contributed by atoms with E-state index in [0.29, 0.717) is 12.3 Å². The molecule has 5 heteroatoms. The molecule has 1 amide bonds. The van der Waals surface area contributed by atoms with Crippen LogP contribution >= 0.6 is 24.2 Å². The maximum atomic E-state index is 11.6. The summed E-state index contributed by atoms with van der Waals surface area (Å²) < 4.78 is 0. The SMILES string of the molecule is Cc1ccccc1SCC(=O)NCC(C)(C)N.Cl. The lowest BCUT2D eigenvalue weighted by molar-refractivity contribution is -0.118. The lowest BCUT2D eigenvalue weighted by atomic mass is 10.1. The number of rotatable bonds is 5. The van der Waals surface area contributed by atoms with E-state index >= 15 is 0 Å². The molecule has 0 unspecified atom stereocenters. The third-order valence-corrected chi connectivity index (χ3v) is 3.37. The van der Waals surface area contributed by atoms with Crippen LogP contribution in [0, 0.1) is 6.92 Å². The van der Waals surface area contributed by atoms with E-state index in [1.807, 2.05) is 45.0 Å². The van der Waals surface area contributed by atoms with Gasteiger partial charge in [-0.1, -0.05) is 18.2 Å². The summed E-state index contributed by atoms with van der Waals surface area (Å²) in [6, 6.07) is 8.05. The largest absolute Gasteiger partial charge is 0.354 e. The van der Waals surface area contributed by atoms with Crippen LogP contribution in [0.2, 0.25) is 0 Å². The van der Waals surface area contributed by atoms with Crippen LogP contribution in [0.1, 0.15) is 19.4 Å². The number of hydrogen-bond acceptors (Lipinski definition) is 3. The van der Waals surface area contributed by atoms with Crippen molar-refractivity contribution in [3.05, 3.63) is 29.8 Å². The Morgan fingerprint density at radius 1 is 1.39 bits per heavy atom. The fourth-order valence-corrected chi connectivity index (χ4v) is 2.10. The van der Waals surface area contributed by atoms with Gasteiger partial charge in [-0.05, 0) is 32.4 Å². The number of carbonyl (C=O) groups is 1. The minimum Gasteiger partial charge on any atom is -0.354 e. The number of amides is 1. The number of halogens is 1. The van der Waals surface area contributed by atoms with Crippen LogP contribution in [0.4, 0.5) is 0 Å². The summed E-state index contributed by atoms with van der Waals surface area (Å²) in [6.45, 7) is 6.33. The van der Waals surface area contributed by atoms with E-state index in [9.17, 15) is 4.79 Å². The normalized spacial score (nSPS) is 10.7. The van der Waals surface area contributed by atoms with Crippen molar-refractivity contribution in [1.29, 1.82) is 0 Å². The summed E-state index contributed by atoms with van der Waals surface area (Å²) in [4.78, 5) is 12.7. The Balaban J connectivity index is 0.00000289. The highest BCUT2D eigenvalue weighted by atomic mass is 35.5. The highest BCUT2D eigenvalue weighted by Gasteiger charge is 2.12. The van der Waals surface area contributed by atoms with E-state index < -0.39 is 0 Å². The summed E-state index contributed by atoms with van der Waals surface area (Å²) in [6.07, 6.45) is 0. The fraction of sp³-hybridized carbons (Fsp3) is 0.462. The van der Waals surface area contributed by atoms with Gasteiger partial charge in [0, 0.05) is 17.0 Å². The predicted molar refractivity (Wildman–Crippen MR) is 80.4 cm³/mol. The van der Waals surface area contributed by atoms with E-state index in [1.54, 1.807) is 11.8 Å². The van der Waals surface area contributed by atoms with Crippen molar-refractivity contribution < 1.29 is 4.79 Å². The average Bonchev–Trinajstić information content (AvgIpc) is 2.24. The second-order valence-electron chi connectivity index (χ2n) is 4.82. The van der Waals surface area contributed by atoms with E-state index in [1.165, 1.54) is 5.56 Å². The van der Waals surface area contributed by atoms with Crippen molar-refractivity contribution in [2.75, 3.05) is 12.3 Å². The highest BCUT2D eigenvalue weighted by molar-refractivity contribution is 8.00. The quantitative estimate of drug-likeness (QED) is 0.818. The molecule has 0 aliphatic rings. The third-order valence-electron chi connectivity index (χ3n) is 2.19. The summed E-state index contributed by atoms with van der Waals surface area (Å²) >= 11 is 1.55. The molecule has 0 aliphatic carbocycles. The zero-order chi connectivity index (χ0) is 12.9. The van der Waals surface area contributed by atoms with Gasteiger partial charge < -0.3 is 11.1 Å². The first-order valence-corrected chi connectivity index (χ1v) is 6.61. The van der Waals surface area contributed by atoms with Gasteiger partial charge in [-0.2, -0.15) is 0 Å². The molecule has 0 bridgehead atoms. The molecule has 102 valence electrons. The molecule has 0 saturated carbocycles. The van der Waals surface area contributed by atoms with Crippen LogP contribution < -0.4 is 11.1 Å². The van der Waals surface area contributed by atoms with Gasteiger partial charge in [0.15, 0.2) is 0 Å². The van der Waals surface area contributed by atoms with Crippen LogP contribution in [0.5, 0.6) is 0 Å². The zero-order valence-electron chi connectivity index (χ0n) is 11.0. The van der Waals surface area contributed by atoms with Crippen molar-refractivity contribution in [3.63, 3.8) is 0 Å². The van der Waals surface area contributed by atoms with Crippen LogP contribution in [0.15, 0.2) is 29.2 Å². The van der Waals surface area contributed by atoms with Crippen molar-refractivity contribution in [3.8, 4) is 0 Å². The summed E-state index contributed by atoms with van der Waals surface area (Å²) in [5.41, 5.74) is 6.63. The van der Waals surface area contributed by atoms with Gasteiger partial charge in [-0.3, -0.25) is 4.79 Å². The van der Waals surface area contributed by atoms with Gasteiger partial charge in [-0.25, -0.2) is 0 Å². The molecule has 0 aliphatic heterocycles. The third kappa shape index (κ3) is 6.89. The number of hydrogen-bond donors (Lipinski definition) is 2. The number of carbonyl (C=O) groups excluding carboxylic acids is 1. The minimum absolute atomic E-state index is 0. The van der Waals surface area contributed by atoms with Crippen molar-refractivity contribution in [2.24, 2.45) is 5.73 Å². The highest BCUT2D eigenvalue weighted by Crippen LogP contribution is 2.21. The number of aryl methyl sites for hydroxylation is 1. The predicted octanol–water partition coefficient (Wildman–Crippen LogP) is 2.36. The molecule has 0 spiro atoms. The fourth-order valence-electron chi connectivity index (χ4n) is 1.24. The lowest BCUT2D eigenvalue weighted by Crippen LogP contribution is -2.45. The number of nitrogens with one attached hydrogen (secondary N) is 1. The first-order chi connectivity index (χ1) is 7.88. The molecule has 18 heavy (non-hydrogen) atoms. The number of nitrogens with two attached hydrogens (primary N) is 1. The van der Waals surface area contributed by atoms with Gasteiger partial charge in [0.25, 0.3) is 0 Å². The first kappa shape index (κ1) is 17.3. The van der Waals surface area contributed by atoms with Crippen LogP contribution in [-0.2, 0) is 4.79 Å². The topological polar surface area (TPSA) is 55.1 Å². The Labute approximate surface area is 119 Å². The Hall–Kier alpha value is -0.710. The molecule has 0 atom stereocenters. The summed E-state index contributed by atoms with van der Waals surface area (Å²) in [5.74, 6) is 0.456. The van der Waals surface area contributed by atoms with Gasteiger partial charge in [-0.15, -0.1) is 24.2 Å². The Morgan fingerprint density at radius 2 is 2.00 bits per heavy atom. The number of thioether (sulfide) groups is 1. The lowest BCUT2D eigenvalue weighted by Gasteiger charge is -2.18. The molecule has 3 nitrogen and oxygen atoms in total. The van der Waals surface area contributed by atoms with Gasteiger partial charge >= 0.3 is 0 Å². The maximum Gasteiger partial charge on any atom is 0.230 e. The smallest absolute Gasteiger partial charge is 0.230 e. The van der Waals surface area contributed by atoms with E-state index in [2.05, 4.69) is 5.32 Å². The second kappa shape index (κ2) is 7.67. The first-order valence-electron chi connectivity index (χ1n) is 5.62. The monoisotopic (exact) mass is 288 g/mol. The Morgan fingerprint density at radius 3 is 2.56 bits per heavy atom. The second-order valence-corrected chi connectivity index (χ2v) is 5.84. The van der Waals surface area contributed by atoms with Crippen molar-refractivity contribution in [1.82, 2.24) is 5.32 Å². The molecular weight excluding hydrogens is 268 g/mol. The van der Waals surface area contributed by atoms with E-state index in [4.69, 9.17) is 5.73 Å². The Bertz CT molecular complexity index is 391. The molecule has 0 saturated heterocycles. The average molecular weight is 289 g/mol. The van der Waals surface area contributed by atoms with Crippen LogP contribution in [0.25, 0.3) is 0 Å².